The zero-order valence-corrected chi connectivity index (χ0v) is 4.87. The van der Waals surface area contributed by atoms with Crippen molar-refractivity contribution in [3.63, 3.8) is 0 Å². The number of hydrogen-bond donors (Lipinski definition) is 1. The highest BCUT2D eigenvalue weighted by molar-refractivity contribution is 4.53. The molecule has 2 unspecified atom stereocenters. The first-order valence-electron chi connectivity index (χ1n) is 2.37. The van der Waals surface area contributed by atoms with Crippen LogP contribution in [-0.4, -0.2) is 22.2 Å². The monoisotopic (exact) mass is 119 g/mol. The fraction of sp³-hybridized carbons (Fsp3) is 1.00. The van der Waals surface area contributed by atoms with E-state index in [4.69, 9.17) is 5.11 Å². The summed E-state index contributed by atoms with van der Waals surface area (Å²) in [5, 5.41) is 18.3. The van der Waals surface area contributed by atoms with Crippen molar-refractivity contribution >= 4 is 0 Å². The summed E-state index contributed by atoms with van der Waals surface area (Å²) >= 11 is 0. The Hall–Kier alpha value is -0.640. The van der Waals surface area contributed by atoms with Crippen LogP contribution in [0.5, 0.6) is 0 Å². The molecule has 0 saturated carbocycles. The average molecular weight is 119 g/mol. The van der Waals surface area contributed by atoms with E-state index in [2.05, 4.69) is 0 Å². The fourth-order valence-corrected chi connectivity index (χ4v) is 0.176. The van der Waals surface area contributed by atoms with Crippen LogP contribution in [0.1, 0.15) is 13.8 Å². The summed E-state index contributed by atoms with van der Waals surface area (Å²) in [6.07, 6.45) is -0.856. The molecule has 0 bridgehead atoms. The lowest BCUT2D eigenvalue weighted by Crippen LogP contribution is -2.27. The molecule has 0 rings (SSSR count). The molecule has 4 heteroatoms. The largest absolute Gasteiger partial charge is 0.386 e. The molecule has 0 fully saturated rings. The average Bonchev–Trinajstić information content (AvgIpc) is 1.64. The molecule has 48 valence electrons. The molecule has 0 spiro atoms. The zero-order chi connectivity index (χ0) is 6.73. The Morgan fingerprint density at radius 2 is 2.00 bits per heavy atom. The second kappa shape index (κ2) is 2.61. The molecule has 0 aromatic heterocycles. The smallest absolute Gasteiger partial charge is 0.235 e. The minimum Gasteiger partial charge on any atom is -0.386 e. The van der Waals surface area contributed by atoms with E-state index in [1.54, 1.807) is 0 Å². The van der Waals surface area contributed by atoms with E-state index in [0.29, 0.717) is 0 Å². The van der Waals surface area contributed by atoms with Crippen LogP contribution in [0, 0.1) is 10.1 Å². The van der Waals surface area contributed by atoms with Gasteiger partial charge in [-0.2, -0.15) is 0 Å². The normalized spacial score (nSPS) is 17.4. The lowest BCUT2D eigenvalue weighted by molar-refractivity contribution is -0.528. The topological polar surface area (TPSA) is 63.4 Å². The minimum absolute atomic E-state index is 0.509. The van der Waals surface area contributed by atoms with Gasteiger partial charge in [0, 0.05) is 11.8 Å². The summed E-state index contributed by atoms with van der Waals surface area (Å²) in [5.41, 5.74) is 0. The molecule has 0 aromatic rings. The van der Waals surface area contributed by atoms with Crippen molar-refractivity contribution in [2.24, 2.45) is 0 Å². The van der Waals surface area contributed by atoms with Crippen LogP contribution in [0.15, 0.2) is 0 Å². The van der Waals surface area contributed by atoms with Crippen LogP contribution in [0.4, 0.5) is 0 Å². The standard InChI is InChI=1S/C4H9NO3/c1-3(4(2)6)5(7)8/h3-4,6H,1-2H3. The Bertz CT molecular complexity index is 91.3. The maximum absolute atomic E-state index is 9.79. The quantitative estimate of drug-likeness (QED) is 0.412. The van der Waals surface area contributed by atoms with Gasteiger partial charge in [-0.1, -0.05) is 0 Å². The molecule has 0 saturated heterocycles. The third kappa shape index (κ3) is 1.88. The van der Waals surface area contributed by atoms with Crippen LogP contribution in [0.3, 0.4) is 0 Å². The van der Waals surface area contributed by atoms with E-state index in [-0.39, 0.29) is 0 Å². The first-order chi connectivity index (χ1) is 3.55. The van der Waals surface area contributed by atoms with E-state index in [9.17, 15) is 10.1 Å². The molecular weight excluding hydrogens is 110 g/mol. The van der Waals surface area contributed by atoms with Crippen molar-refractivity contribution in [2.45, 2.75) is 26.0 Å². The number of hydrogen-bond acceptors (Lipinski definition) is 3. The third-order valence-corrected chi connectivity index (χ3v) is 1.03. The summed E-state index contributed by atoms with van der Waals surface area (Å²) in [4.78, 5) is 9.28. The number of nitrogens with zero attached hydrogens (tertiary/aromatic N) is 1. The second-order valence-corrected chi connectivity index (χ2v) is 1.77. The lowest BCUT2D eigenvalue weighted by atomic mass is 10.2. The SMILES string of the molecule is CC(O)C(C)[N+](=O)[O-]. The number of rotatable bonds is 2. The fourth-order valence-electron chi connectivity index (χ4n) is 0.176. The Morgan fingerprint density at radius 1 is 1.62 bits per heavy atom. The molecule has 0 amide bonds. The third-order valence-electron chi connectivity index (χ3n) is 1.03. The van der Waals surface area contributed by atoms with Crippen LogP contribution >= 0.6 is 0 Å². The molecule has 8 heavy (non-hydrogen) atoms. The van der Waals surface area contributed by atoms with Gasteiger partial charge in [0.2, 0.25) is 6.04 Å². The number of aliphatic hydroxyl groups is 1. The van der Waals surface area contributed by atoms with E-state index >= 15 is 0 Å². The highest BCUT2D eigenvalue weighted by Gasteiger charge is 2.18. The zero-order valence-electron chi connectivity index (χ0n) is 4.87. The second-order valence-electron chi connectivity index (χ2n) is 1.77. The summed E-state index contributed by atoms with van der Waals surface area (Å²) in [6.45, 7) is 2.76. The van der Waals surface area contributed by atoms with E-state index in [1.165, 1.54) is 13.8 Å². The number of aliphatic hydroxyl groups excluding tert-OH is 1. The van der Waals surface area contributed by atoms with Gasteiger partial charge in [-0.05, 0) is 6.92 Å². The predicted molar refractivity (Wildman–Crippen MR) is 28.1 cm³/mol. The van der Waals surface area contributed by atoms with Crippen molar-refractivity contribution < 1.29 is 10.0 Å². The predicted octanol–water partition coefficient (Wildman–Crippen LogP) is 0.0324. The molecule has 0 heterocycles. The summed E-state index contributed by atoms with van der Waals surface area (Å²) in [5.74, 6) is 0. The first kappa shape index (κ1) is 7.36. The lowest BCUT2D eigenvalue weighted by Gasteiger charge is -2.03. The van der Waals surface area contributed by atoms with Gasteiger partial charge in [-0.15, -0.1) is 0 Å². The van der Waals surface area contributed by atoms with Crippen molar-refractivity contribution in [2.75, 3.05) is 0 Å². The maximum Gasteiger partial charge on any atom is 0.235 e. The Morgan fingerprint density at radius 3 is 2.00 bits per heavy atom. The molecule has 0 aliphatic heterocycles. The Kier molecular flexibility index (Phi) is 2.41. The highest BCUT2D eigenvalue weighted by atomic mass is 16.6. The van der Waals surface area contributed by atoms with Crippen LogP contribution in [-0.2, 0) is 0 Å². The molecule has 0 aliphatic carbocycles. The van der Waals surface area contributed by atoms with Gasteiger partial charge in [0.05, 0.1) is 0 Å². The van der Waals surface area contributed by atoms with Gasteiger partial charge < -0.3 is 5.11 Å². The summed E-state index contributed by atoms with van der Waals surface area (Å²) < 4.78 is 0. The van der Waals surface area contributed by atoms with Crippen molar-refractivity contribution in [3.05, 3.63) is 10.1 Å². The molecule has 1 N–H and O–H groups in total. The van der Waals surface area contributed by atoms with Crippen LogP contribution < -0.4 is 0 Å². The molecular formula is C4H9NO3. The van der Waals surface area contributed by atoms with Crippen molar-refractivity contribution in [1.29, 1.82) is 0 Å². The van der Waals surface area contributed by atoms with Gasteiger partial charge in [0.25, 0.3) is 0 Å². The van der Waals surface area contributed by atoms with Crippen molar-refractivity contribution in [3.8, 4) is 0 Å². The maximum atomic E-state index is 9.79. The van der Waals surface area contributed by atoms with Gasteiger partial charge in [0.1, 0.15) is 6.10 Å². The van der Waals surface area contributed by atoms with Crippen LogP contribution in [0.25, 0.3) is 0 Å². The van der Waals surface area contributed by atoms with Crippen molar-refractivity contribution in [1.82, 2.24) is 0 Å². The Labute approximate surface area is 47.3 Å². The summed E-state index contributed by atoms with van der Waals surface area (Å²) in [7, 11) is 0. The van der Waals surface area contributed by atoms with E-state index < -0.39 is 17.1 Å². The van der Waals surface area contributed by atoms with Gasteiger partial charge in [-0.25, -0.2) is 0 Å². The highest BCUT2D eigenvalue weighted by Crippen LogP contribution is 1.93. The minimum atomic E-state index is -0.856. The number of nitro groups is 1. The van der Waals surface area contributed by atoms with Gasteiger partial charge in [-0.3, -0.25) is 10.1 Å². The van der Waals surface area contributed by atoms with E-state index in [1.807, 2.05) is 0 Å². The molecule has 0 radical (unpaired) electrons. The van der Waals surface area contributed by atoms with Gasteiger partial charge >= 0.3 is 0 Å². The first-order valence-corrected chi connectivity index (χ1v) is 2.37. The van der Waals surface area contributed by atoms with E-state index in [0.717, 1.165) is 0 Å². The van der Waals surface area contributed by atoms with Crippen LogP contribution in [0.2, 0.25) is 0 Å². The van der Waals surface area contributed by atoms with Gasteiger partial charge in [0.15, 0.2) is 0 Å². The molecule has 2 atom stereocenters. The molecule has 4 nitrogen and oxygen atoms in total. The molecule has 0 aliphatic rings. The Balaban J connectivity index is 3.64. The summed E-state index contributed by atoms with van der Waals surface area (Å²) in [6, 6.07) is -0.852. The molecule has 0 aromatic carbocycles.